The number of benzene rings is 1. The number of nitrogens with one attached hydrogen (secondary N) is 1. The Morgan fingerprint density at radius 3 is 2.53 bits per heavy atom. The number of carbonyl (C=O) groups is 1. The maximum absolute atomic E-state index is 11.4. The lowest BCUT2D eigenvalue weighted by Crippen LogP contribution is -2.27. The molecule has 0 atom stereocenters. The summed E-state index contributed by atoms with van der Waals surface area (Å²) in [6.07, 6.45) is 5.72. The molecule has 0 saturated carbocycles. The number of ether oxygens (including phenoxy) is 1. The molecule has 30 heavy (non-hydrogen) atoms. The molecule has 0 fully saturated rings. The summed E-state index contributed by atoms with van der Waals surface area (Å²) in [5.74, 6) is 1.92. The van der Waals surface area contributed by atoms with Crippen molar-refractivity contribution in [2.75, 3.05) is 37.0 Å². The van der Waals surface area contributed by atoms with Gasteiger partial charge in [0, 0.05) is 43.7 Å². The molecule has 1 N–H and O–H groups in total. The molecule has 0 spiro atoms. The number of esters is 1. The zero-order chi connectivity index (χ0) is 20.8. The van der Waals surface area contributed by atoms with E-state index in [9.17, 15) is 4.79 Å². The molecular weight excluding hydrogens is 378 g/mol. The summed E-state index contributed by atoms with van der Waals surface area (Å²) in [7, 11) is 1.39. The minimum absolute atomic E-state index is 0.255. The maximum atomic E-state index is 11.4. The molecule has 0 aliphatic carbocycles. The molecule has 7 heteroatoms. The second-order valence-corrected chi connectivity index (χ2v) is 7.19. The highest BCUT2D eigenvalue weighted by Crippen LogP contribution is 2.25. The lowest BCUT2D eigenvalue weighted by molar-refractivity contribution is -0.140. The third-order valence-electron chi connectivity index (χ3n) is 5.24. The van der Waals surface area contributed by atoms with Crippen LogP contribution in [0, 0.1) is 0 Å². The van der Waals surface area contributed by atoms with Gasteiger partial charge in [0.2, 0.25) is 0 Å². The average Bonchev–Trinajstić information content (AvgIpc) is 3.02. The Labute approximate surface area is 176 Å². The third-order valence-corrected chi connectivity index (χ3v) is 5.24. The Hall–Kier alpha value is -3.48. The topological polar surface area (TPSA) is 80.2 Å². The first-order chi connectivity index (χ1) is 14.7. The maximum Gasteiger partial charge on any atom is 0.307 e. The van der Waals surface area contributed by atoms with Crippen molar-refractivity contribution in [1.82, 2.24) is 15.0 Å². The van der Waals surface area contributed by atoms with E-state index in [-0.39, 0.29) is 12.4 Å². The van der Waals surface area contributed by atoms with E-state index in [1.54, 1.807) is 12.4 Å². The Morgan fingerprint density at radius 2 is 1.87 bits per heavy atom. The predicted molar refractivity (Wildman–Crippen MR) is 116 cm³/mol. The van der Waals surface area contributed by atoms with E-state index in [0.29, 0.717) is 18.2 Å². The number of rotatable bonds is 6. The van der Waals surface area contributed by atoms with Crippen molar-refractivity contribution in [3.05, 3.63) is 66.0 Å². The van der Waals surface area contributed by atoms with Crippen molar-refractivity contribution in [2.24, 2.45) is 0 Å². The second-order valence-electron chi connectivity index (χ2n) is 7.19. The van der Waals surface area contributed by atoms with Gasteiger partial charge in [0.1, 0.15) is 11.6 Å². The number of fused-ring (bicyclic) bond motifs is 1. The fraction of sp³-hybridized carbons (Fsp3) is 0.304. The summed E-state index contributed by atoms with van der Waals surface area (Å²) in [6, 6.07) is 14.4. The van der Waals surface area contributed by atoms with Crippen LogP contribution in [-0.4, -0.2) is 47.7 Å². The summed E-state index contributed by atoms with van der Waals surface area (Å²) in [5.41, 5.74) is 3.66. The van der Waals surface area contributed by atoms with Crippen LogP contribution in [0.5, 0.6) is 0 Å². The quantitative estimate of drug-likeness (QED) is 0.634. The van der Waals surface area contributed by atoms with Gasteiger partial charge in [0.05, 0.1) is 13.5 Å². The van der Waals surface area contributed by atoms with E-state index in [0.717, 1.165) is 37.3 Å². The predicted octanol–water partition coefficient (Wildman–Crippen LogP) is 3.12. The van der Waals surface area contributed by atoms with Crippen molar-refractivity contribution >= 4 is 17.6 Å². The number of aromatic nitrogens is 3. The number of methoxy groups -OCH3 is 1. The van der Waals surface area contributed by atoms with E-state index in [1.165, 1.54) is 18.2 Å². The highest BCUT2D eigenvalue weighted by molar-refractivity contribution is 5.70. The number of carbonyl (C=O) groups excluding carboxylic acids is 1. The Bertz CT molecular complexity index is 982. The van der Waals surface area contributed by atoms with Crippen LogP contribution in [0.25, 0.3) is 11.4 Å². The van der Waals surface area contributed by atoms with Crippen LogP contribution in [0.1, 0.15) is 17.5 Å². The molecule has 0 amide bonds. The molecule has 0 radical (unpaired) electrons. The molecule has 1 aromatic carbocycles. The van der Waals surface area contributed by atoms with Crippen LogP contribution in [0.4, 0.5) is 11.6 Å². The van der Waals surface area contributed by atoms with Crippen molar-refractivity contribution in [3.8, 4) is 11.4 Å². The lowest BCUT2D eigenvalue weighted by atomic mass is 10.0. The Balaban J connectivity index is 1.59. The number of nitrogens with zero attached hydrogens (tertiary/aromatic N) is 4. The van der Waals surface area contributed by atoms with Gasteiger partial charge in [-0.3, -0.25) is 9.78 Å². The number of hydrogen-bond acceptors (Lipinski definition) is 7. The summed E-state index contributed by atoms with van der Waals surface area (Å²) in [4.78, 5) is 27.4. The molecule has 3 aromatic rings. The van der Waals surface area contributed by atoms with Gasteiger partial charge >= 0.3 is 5.97 Å². The molecule has 1 aliphatic heterocycles. The van der Waals surface area contributed by atoms with E-state index >= 15 is 0 Å². The zero-order valence-corrected chi connectivity index (χ0v) is 17.0. The van der Waals surface area contributed by atoms with Crippen LogP contribution in [0.3, 0.4) is 0 Å². The van der Waals surface area contributed by atoms with Gasteiger partial charge in [-0.05, 0) is 36.1 Å². The van der Waals surface area contributed by atoms with Crippen molar-refractivity contribution in [2.45, 2.75) is 19.3 Å². The van der Waals surface area contributed by atoms with Crippen molar-refractivity contribution < 1.29 is 9.53 Å². The first-order valence-electron chi connectivity index (χ1n) is 10.1. The molecule has 0 unspecified atom stereocenters. The van der Waals surface area contributed by atoms with E-state index in [4.69, 9.17) is 9.72 Å². The second kappa shape index (κ2) is 9.35. The summed E-state index contributed by atoms with van der Waals surface area (Å²) in [6.45, 7) is 2.23. The normalized spacial score (nSPS) is 13.3. The fourth-order valence-electron chi connectivity index (χ4n) is 3.60. The summed E-state index contributed by atoms with van der Waals surface area (Å²) < 4.78 is 4.72. The van der Waals surface area contributed by atoms with Crippen LogP contribution >= 0.6 is 0 Å². The first kappa shape index (κ1) is 19.8. The third kappa shape index (κ3) is 4.74. The smallest absolute Gasteiger partial charge is 0.307 e. The van der Waals surface area contributed by atoms with E-state index in [1.807, 2.05) is 18.2 Å². The van der Waals surface area contributed by atoms with Gasteiger partial charge in [0.15, 0.2) is 5.82 Å². The van der Waals surface area contributed by atoms with Crippen molar-refractivity contribution in [3.63, 3.8) is 0 Å². The highest BCUT2D eigenvalue weighted by atomic mass is 16.5. The van der Waals surface area contributed by atoms with Crippen LogP contribution in [0.15, 0.2) is 54.9 Å². The molecule has 154 valence electrons. The first-order valence-corrected chi connectivity index (χ1v) is 10.1. The van der Waals surface area contributed by atoms with Gasteiger partial charge < -0.3 is 15.0 Å². The molecule has 0 saturated heterocycles. The van der Waals surface area contributed by atoms with E-state index < -0.39 is 0 Å². The standard InChI is InChI=1S/C23H25N5O2/c1-30-22(29)8-12-25-20-15-21(27-23(26-20)19-7-4-11-24-16-19)28-13-9-17-5-2-3-6-18(17)10-14-28/h2-7,11,15-16H,8-10,12-14H2,1H3,(H,25,26,27). The van der Waals surface area contributed by atoms with Crippen LogP contribution in [-0.2, 0) is 22.4 Å². The highest BCUT2D eigenvalue weighted by Gasteiger charge is 2.17. The molecule has 3 heterocycles. The summed E-state index contributed by atoms with van der Waals surface area (Å²) >= 11 is 0. The van der Waals surface area contributed by atoms with Crippen LogP contribution in [0.2, 0.25) is 0 Å². The van der Waals surface area contributed by atoms with Gasteiger partial charge in [-0.1, -0.05) is 24.3 Å². The van der Waals surface area contributed by atoms with Crippen LogP contribution < -0.4 is 10.2 Å². The largest absolute Gasteiger partial charge is 0.469 e. The molecule has 2 aromatic heterocycles. The SMILES string of the molecule is COC(=O)CCNc1cc(N2CCc3ccccc3CC2)nc(-c2cccnc2)n1. The van der Waals surface area contributed by atoms with Gasteiger partial charge in [-0.25, -0.2) is 9.97 Å². The van der Waals surface area contributed by atoms with Gasteiger partial charge in [-0.15, -0.1) is 0 Å². The summed E-state index contributed by atoms with van der Waals surface area (Å²) in [5, 5.41) is 3.23. The monoisotopic (exact) mass is 403 g/mol. The Morgan fingerprint density at radius 1 is 1.10 bits per heavy atom. The molecule has 1 aliphatic rings. The molecular formula is C23H25N5O2. The van der Waals surface area contributed by atoms with Crippen molar-refractivity contribution in [1.29, 1.82) is 0 Å². The minimum atomic E-state index is -0.255. The zero-order valence-electron chi connectivity index (χ0n) is 17.0. The molecule has 4 rings (SSSR count). The van der Waals surface area contributed by atoms with E-state index in [2.05, 4.69) is 44.5 Å². The van der Waals surface area contributed by atoms with Gasteiger partial charge in [-0.2, -0.15) is 0 Å². The average molecular weight is 403 g/mol. The lowest BCUT2D eigenvalue weighted by Gasteiger charge is -2.22. The minimum Gasteiger partial charge on any atom is -0.469 e. The fourth-order valence-corrected chi connectivity index (χ4v) is 3.60. The Kier molecular flexibility index (Phi) is 6.17. The number of hydrogen-bond donors (Lipinski definition) is 1. The molecule has 7 nitrogen and oxygen atoms in total. The van der Waals surface area contributed by atoms with Gasteiger partial charge in [0.25, 0.3) is 0 Å². The molecule has 0 bridgehead atoms. The number of pyridine rings is 1. The number of anilines is 2.